The smallest absolute Gasteiger partial charge is 0.240 e. The second-order valence-electron chi connectivity index (χ2n) is 7.26. The number of carbonyl (C=O) groups is 2. The maximum Gasteiger partial charge on any atom is 0.240 e. The highest BCUT2D eigenvalue weighted by Gasteiger charge is 2.38. The molecule has 3 aromatic carbocycles. The minimum atomic E-state index is -1.02. The molecule has 0 heterocycles. The Morgan fingerprint density at radius 1 is 0.933 bits per heavy atom. The molecule has 3 aromatic rings. The van der Waals surface area contributed by atoms with E-state index in [1.807, 2.05) is 67.6 Å². The quantitative estimate of drug-likeness (QED) is 0.641. The second-order valence-corrected chi connectivity index (χ2v) is 7.26. The van der Waals surface area contributed by atoms with E-state index in [-0.39, 0.29) is 12.3 Å². The standard InChI is InChI=1S/C25H23N3O2/c1-25(20-12-4-2-5-13-20,21-14-6-3-7-15-21)24(30)28-22(23(27)29)16-18-10-8-9-11-19(18)17-26/h2-15,22H,16H2,1H3,(H2,27,29)(H,28,30)/t22-/m0/s1. The molecule has 0 aliphatic carbocycles. The minimum Gasteiger partial charge on any atom is -0.368 e. The molecule has 0 aliphatic rings. The van der Waals surface area contributed by atoms with Crippen LogP contribution in [-0.4, -0.2) is 17.9 Å². The average Bonchev–Trinajstić information content (AvgIpc) is 2.79. The molecular weight excluding hydrogens is 374 g/mol. The molecule has 3 N–H and O–H groups in total. The Morgan fingerprint density at radius 3 is 1.93 bits per heavy atom. The Morgan fingerprint density at radius 2 is 1.43 bits per heavy atom. The van der Waals surface area contributed by atoms with E-state index in [9.17, 15) is 14.9 Å². The molecule has 0 fully saturated rings. The van der Waals surface area contributed by atoms with Crippen molar-refractivity contribution in [2.75, 3.05) is 0 Å². The van der Waals surface area contributed by atoms with Crippen LogP contribution in [0.3, 0.4) is 0 Å². The highest BCUT2D eigenvalue weighted by molar-refractivity contribution is 5.95. The summed E-state index contributed by atoms with van der Waals surface area (Å²) in [6.45, 7) is 1.83. The molecule has 1 atom stereocenters. The molecule has 0 saturated heterocycles. The highest BCUT2D eigenvalue weighted by Crippen LogP contribution is 2.32. The fraction of sp³-hybridized carbons (Fsp3) is 0.160. The van der Waals surface area contributed by atoms with Crippen molar-refractivity contribution in [2.24, 2.45) is 5.73 Å². The SMILES string of the molecule is CC(C(=O)N[C@@H](Cc1ccccc1C#N)C(N)=O)(c1ccccc1)c1ccccc1. The van der Waals surface area contributed by atoms with Crippen molar-refractivity contribution in [2.45, 2.75) is 24.8 Å². The normalized spacial score (nSPS) is 11.9. The molecule has 2 amide bonds. The van der Waals surface area contributed by atoms with E-state index in [0.717, 1.165) is 11.1 Å². The number of benzene rings is 3. The molecule has 5 nitrogen and oxygen atoms in total. The molecule has 0 saturated carbocycles. The Balaban J connectivity index is 1.96. The first kappa shape index (κ1) is 20.8. The van der Waals surface area contributed by atoms with Gasteiger partial charge in [-0.05, 0) is 29.7 Å². The van der Waals surface area contributed by atoms with Crippen molar-refractivity contribution in [3.63, 3.8) is 0 Å². The van der Waals surface area contributed by atoms with Crippen LogP contribution in [0, 0.1) is 11.3 Å². The third kappa shape index (κ3) is 4.23. The summed E-state index contributed by atoms with van der Waals surface area (Å²) in [6.07, 6.45) is 0.143. The Bertz CT molecular complexity index is 1030. The van der Waals surface area contributed by atoms with E-state index in [0.29, 0.717) is 11.1 Å². The van der Waals surface area contributed by atoms with Gasteiger partial charge in [0.15, 0.2) is 0 Å². The van der Waals surface area contributed by atoms with Crippen LogP contribution in [0.5, 0.6) is 0 Å². The molecule has 0 aliphatic heterocycles. The van der Waals surface area contributed by atoms with E-state index < -0.39 is 17.4 Å². The summed E-state index contributed by atoms with van der Waals surface area (Å²) in [5.74, 6) is -0.988. The van der Waals surface area contributed by atoms with Gasteiger partial charge in [-0.2, -0.15) is 5.26 Å². The van der Waals surface area contributed by atoms with Gasteiger partial charge in [0.05, 0.1) is 17.0 Å². The van der Waals surface area contributed by atoms with Gasteiger partial charge in [0.2, 0.25) is 11.8 Å². The lowest BCUT2D eigenvalue weighted by Crippen LogP contribution is -2.52. The van der Waals surface area contributed by atoms with Crippen LogP contribution in [0.1, 0.15) is 29.2 Å². The highest BCUT2D eigenvalue weighted by atomic mass is 16.2. The second kappa shape index (κ2) is 9.06. The summed E-state index contributed by atoms with van der Waals surface area (Å²) >= 11 is 0. The van der Waals surface area contributed by atoms with Crippen LogP contribution in [0.4, 0.5) is 0 Å². The molecule has 0 unspecified atom stereocenters. The first-order valence-electron chi connectivity index (χ1n) is 9.66. The van der Waals surface area contributed by atoms with Crippen LogP contribution in [0.15, 0.2) is 84.9 Å². The summed E-state index contributed by atoms with van der Waals surface area (Å²) in [4.78, 5) is 25.7. The van der Waals surface area contributed by atoms with Crippen molar-refractivity contribution < 1.29 is 9.59 Å². The fourth-order valence-electron chi connectivity index (χ4n) is 3.52. The van der Waals surface area contributed by atoms with E-state index in [1.54, 1.807) is 24.3 Å². The predicted molar refractivity (Wildman–Crippen MR) is 115 cm³/mol. The fourth-order valence-corrected chi connectivity index (χ4v) is 3.52. The molecule has 150 valence electrons. The summed E-state index contributed by atoms with van der Waals surface area (Å²) < 4.78 is 0. The lowest BCUT2D eigenvalue weighted by atomic mass is 9.75. The third-order valence-corrected chi connectivity index (χ3v) is 5.37. The van der Waals surface area contributed by atoms with Gasteiger partial charge >= 0.3 is 0 Å². The van der Waals surface area contributed by atoms with E-state index in [4.69, 9.17) is 5.73 Å². The van der Waals surface area contributed by atoms with Gasteiger partial charge in [-0.25, -0.2) is 0 Å². The van der Waals surface area contributed by atoms with Crippen LogP contribution in [0.25, 0.3) is 0 Å². The number of carbonyl (C=O) groups excluding carboxylic acids is 2. The van der Waals surface area contributed by atoms with Gasteiger partial charge in [-0.1, -0.05) is 78.9 Å². The van der Waals surface area contributed by atoms with Gasteiger partial charge in [-0.3, -0.25) is 9.59 Å². The lowest BCUT2D eigenvalue weighted by molar-refractivity contribution is -0.129. The lowest BCUT2D eigenvalue weighted by Gasteiger charge is -2.31. The van der Waals surface area contributed by atoms with Gasteiger partial charge < -0.3 is 11.1 Å². The van der Waals surface area contributed by atoms with E-state index in [2.05, 4.69) is 11.4 Å². The maximum absolute atomic E-state index is 13.5. The van der Waals surface area contributed by atoms with Crippen molar-refractivity contribution in [3.8, 4) is 6.07 Å². The molecule has 3 rings (SSSR count). The Hall–Kier alpha value is -3.91. The number of hydrogen-bond donors (Lipinski definition) is 2. The van der Waals surface area contributed by atoms with Crippen LogP contribution < -0.4 is 11.1 Å². The number of primary amides is 1. The minimum absolute atomic E-state index is 0.143. The van der Waals surface area contributed by atoms with Gasteiger partial charge in [0.1, 0.15) is 6.04 Å². The summed E-state index contributed by atoms with van der Waals surface area (Å²) in [5.41, 5.74) is 7.29. The molecule has 0 radical (unpaired) electrons. The number of nitrogens with two attached hydrogens (primary N) is 1. The number of nitrogens with one attached hydrogen (secondary N) is 1. The Labute approximate surface area is 176 Å². The largest absolute Gasteiger partial charge is 0.368 e. The molecular formula is C25H23N3O2. The van der Waals surface area contributed by atoms with Gasteiger partial charge in [0.25, 0.3) is 0 Å². The first-order valence-corrected chi connectivity index (χ1v) is 9.66. The topological polar surface area (TPSA) is 96.0 Å². The first-order chi connectivity index (χ1) is 14.5. The summed E-state index contributed by atoms with van der Waals surface area (Å²) in [7, 11) is 0. The molecule has 5 heteroatoms. The van der Waals surface area contributed by atoms with E-state index in [1.165, 1.54) is 0 Å². The summed E-state index contributed by atoms with van der Waals surface area (Å²) in [6, 6.07) is 26.9. The van der Waals surface area contributed by atoms with Crippen molar-refractivity contribution in [3.05, 3.63) is 107 Å². The molecule has 0 aromatic heterocycles. The van der Waals surface area contributed by atoms with Gasteiger partial charge in [0, 0.05) is 6.42 Å². The summed E-state index contributed by atoms with van der Waals surface area (Å²) in [5, 5.41) is 12.2. The average molecular weight is 397 g/mol. The molecule has 30 heavy (non-hydrogen) atoms. The predicted octanol–water partition coefficient (Wildman–Crippen LogP) is 3.08. The Kier molecular flexibility index (Phi) is 6.29. The van der Waals surface area contributed by atoms with Crippen molar-refractivity contribution in [1.82, 2.24) is 5.32 Å². The monoisotopic (exact) mass is 397 g/mol. The molecule has 0 spiro atoms. The van der Waals surface area contributed by atoms with Crippen LogP contribution in [0.2, 0.25) is 0 Å². The zero-order chi connectivity index (χ0) is 21.6. The number of nitriles is 1. The zero-order valence-electron chi connectivity index (χ0n) is 16.7. The third-order valence-electron chi connectivity index (χ3n) is 5.37. The van der Waals surface area contributed by atoms with Gasteiger partial charge in [-0.15, -0.1) is 0 Å². The number of nitrogens with zero attached hydrogens (tertiary/aromatic N) is 1. The van der Waals surface area contributed by atoms with Crippen molar-refractivity contribution >= 4 is 11.8 Å². The zero-order valence-corrected chi connectivity index (χ0v) is 16.7. The van der Waals surface area contributed by atoms with E-state index >= 15 is 0 Å². The van der Waals surface area contributed by atoms with Crippen LogP contribution >= 0.6 is 0 Å². The van der Waals surface area contributed by atoms with Crippen LogP contribution in [-0.2, 0) is 21.4 Å². The molecule has 0 bridgehead atoms. The number of hydrogen-bond acceptors (Lipinski definition) is 3. The maximum atomic E-state index is 13.5. The number of amides is 2. The number of rotatable bonds is 7. The van der Waals surface area contributed by atoms with Crippen molar-refractivity contribution in [1.29, 1.82) is 5.26 Å².